The summed E-state index contributed by atoms with van der Waals surface area (Å²) in [7, 11) is 2.18. The molecular weight excluding hydrogens is 242 g/mol. The number of nitrogens with zero attached hydrogens (tertiary/aromatic N) is 2. The van der Waals surface area contributed by atoms with Crippen molar-refractivity contribution in [1.82, 2.24) is 15.2 Å². The summed E-state index contributed by atoms with van der Waals surface area (Å²) in [5, 5.41) is 3.49. The van der Waals surface area contributed by atoms with Gasteiger partial charge in [-0.25, -0.2) is 0 Å². The first-order valence-electron chi connectivity index (χ1n) is 6.95. The first-order valence-corrected chi connectivity index (χ1v) is 6.95. The molecule has 0 spiro atoms. The Morgan fingerprint density at radius 1 is 1.37 bits per heavy atom. The minimum Gasteiger partial charge on any atom is -0.486 e. The molecule has 0 radical (unpaired) electrons. The van der Waals surface area contributed by atoms with Crippen molar-refractivity contribution < 1.29 is 9.47 Å². The van der Waals surface area contributed by atoms with E-state index in [2.05, 4.69) is 22.2 Å². The van der Waals surface area contributed by atoms with Gasteiger partial charge in [0.2, 0.25) is 0 Å². The molecule has 1 saturated heterocycles. The standard InChI is InChI=1S/C14H21N3O2/c1-17-3-2-11(10-17)7-15-8-12-6-13-14(9-16-12)19-5-4-18-13/h6,9,11,15H,2-5,7-8,10H2,1H3. The molecule has 1 aromatic rings. The average molecular weight is 263 g/mol. The third-order valence-electron chi connectivity index (χ3n) is 3.71. The summed E-state index contributed by atoms with van der Waals surface area (Å²) in [6, 6.07) is 1.97. The predicted octanol–water partition coefficient (Wildman–Crippen LogP) is 0.894. The number of ether oxygens (including phenoxy) is 2. The van der Waals surface area contributed by atoms with Gasteiger partial charge in [0.05, 0.1) is 11.9 Å². The van der Waals surface area contributed by atoms with Gasteiger partial charge in [0.1, 0.15) is 13.2 Å². The molecule has 1 unspecified atom stereocenters. The molecule has 5 heteroatoms. The summed E-state index contributed by atoms with van der Waals surface area (Å²) < 4.78 is 11.0. The van der Waals surface area contributed by atoms with Gasteiger partial charge in [-0.05, 0) is 32.5 Å². The fourth-order valence-corrected chi connectivity index (χ4v) is 2.68. The van der Waals surface area contributed by atoms with E-state index in [0.29, 0.717) is 13.2 Å². The van der Waals surface area contributed by atoms with Crippen LogP contribution in [0.25, 0.3) is 0 Å². The number of rotatable bonds is 4. The van der Waals surface area contributed by atoms with E-state index >= 15 is 0 Å². The lowest BCUT2D eigenvalue weighted by atomic mass is 10.1. The monoisotopic (exact) mass is 263 g/mol. The molecule has 19 heavy (non-hydrogen) atoms. The van der Waals surface area contributed by atoms with Gasteiger partial charge in [0.15, 0.2) is 11.5 Å². The number of nitrogens with one attached hydrogen (secondary N) is 1. The Morgan fingerprint density at radius 3 is 3.00 bits per heavy atom. The molecule has 104 valence electrons. The molecule has 0 aliphatic carbocycles. The molecule has 5 nitrogen and oxygen atoms in total. The van der Waals surface area contributed by atoms with Crippen LogP contribution in [-0.2, 0) is 6.54 Å². The molecule has 3 rings (SSSR count). The molecule has 1 N–H and O–H groups in total. The van der Waals surface area contributed by atoms with Crippen molar-refractivity contribution in [2.75, 3.05) is 39.9 Å². The van der Waals surface area contributed by atoms with Crippen LogP contribution in [0.1, 0.15) is 12.1 Å². The van der Waals surface area contributed by atoms with Crippen molar-refractivity contribution in [1.29, 1.82) is 0 Å². The highest BCUT2D eigenvalue weighted by molar-refractivity contribution is 5.39. The molecule has 0 amide bonds. The SMILES string of the molecule is CN1CCC(CNCc2cc3c(cn2)OCCO3)C1. The Bertz CT molecular complexity index is 439. The smallest absolute Gasteiger partial charge is 0.179 e. The molecule has 1 aromatic heterocycles. The molecule has 1 fully saturated rings. The summed E-state index contributed by atoms with van der Waals surface area (Å²) in [6.45, 7) is 5.49. The minimum absolute atomic E-state index is 0.613. The minimum atomic E-state index is 0.613. The van der Waals surface area contributed by atoms with Crippen LogP contribution in [0, 0.1) is 5.92 Å². The molecule has 2 aliphatic rings. The third-order valence-corrected chi connectivity index (χ3v) is 3.71. The lowest BCUT2D eigenvalue weighted by Gasteiger charge is -2.18. The van der Waals surface area contributed by atoms with Crippen molar-refractivity contribution in [3.05, 3.63) is 18.0 Å². The van der Waals surface area contributed by atoms with Crippen LogP contribution in [0.5, 0.6) is 11.5 Å². The van der Waals surface area contributed by atoms with Crippen molar-refractivity contribution in [3.63, 3.8) is 0 Å². The lowest BCUT2D eigenvalue weighted by molar-refractivity contribution is 0.170. The summed E-state index contributed by atoms with van der Waals surface area (Å²) in [6.07, 6.45) is 3.05. The molecule has 0 bridgehead atoms. The fraction of sp³-hybridized carbons (Fsp3) is 0.643. The Kier molecular flexibility index (Phi) is 3.84. The summed E-state index contributed by atoms with van der Waals surface area (Å²) in [4.78, 5) is 6.78. The summed E-state index contributed by atoms with van der Waals surface area (Å²) >= 11 is 0. The largest absolute Gasteiger partial charge is 0.486 e. The van der Waals surface area contributed by atoms with Crippen molar-refractivity contribution in [2.45, 2.75) is 13.0 Å². The quantitative estimate of drug-likeness (QED) is 0.874. The highest BCUT2D eigenvalue weighted by Gasteiger charge is 2.19. The molecule has 2 aliphatic heterocycles. The van der Waals surface area contributed by atoms with E-state index in [4.69, 9.17) is 9.47 Å². The Hall–Kier alpha value is -1.33. The van der Waals surface area contributed by atoms with Crippen LogP contribution in [0.15, 0.2) is 12.3 Å². The van der Waals surface area contributed by atoms with Gasteiger partial charge in [-0.3, -0.25) is 4.98 Å². The van der Waals surface area contributed by atoms with Crippen LogP contribution >= 0.6 is 0 Å². The zero-order valence-electron chi connectivity index (χ0n) is 11.4. The Morgan fingerprint density at radius 2 is 2.21 bits per heavy atom. The molecule has 0 aromatic carbocycles. The van der Waals surface area contributed by atoms with Gasteiger partial charge in [-0.15, -0.1) is 0 Å². The Balaban J connectivity index is 1.50. The molecule has 3 heterocycles. The number of aromatic nitrogens is 1. The van der Waals surface area contributed by atoms with Crippen LogP contribution in [0.3, 0.4) is 0 Å². The van der Waals surface area contributed by atoms with Crippen molar-refractivity contribution in [2.24, 2.45) is 5.92 Å². The van der Waals surface area contributed by atoms with E-state index in [1.807, 2.05) is 6.07 Å². The Labute approximate surface area is 113 Å². The van der Waals surface area contributed by atoms with E-state index in [9.17, 15) is 0 Å². The lowest BCUT2D eigenvalue weighted by Crippen LogP contribution is -2.25. The molecule has 0 saturated carbocycles. The maximum Gasteiger partial charge on any atom is 0.179 e. The fourth-order valence-electron chi connectivity index (χ4n) is 2.68. The van der Waals surface area contributed by atoms with E-state index < -0.39 is 0 Å². The second-order valence-corrected chi connectivity index (χ2v) is 5.37. The summed E-state index contributed by atoms with van der Waals surface area (Å²) in [5.74, 6) is 2.34. The van der Waals surface area contributed by atoms with Crippen LogP contribution in [0.4, 0.5) is 0 Å². The highest BCUT2D eigenvalue weighted by Crippen LogP contribution is 2.29. The van der Waals surface area contributed by atoms with Crippen LogP contribution in [-0.4, -0.2) is 49.8 Å². The van der Waals surface area contributed by atoms with Gasteiger partial charge in [-0.1, -0.05) is 0 Å². The van der Waals surface area contributed by atoms with Crippen LogP contribution < -0.4 is 14.8 Å². The zero-order chi connectivity index (χ0) is 13.1. The average Bonchev–Trinajstić information content (AvgIpc) is 2.84. The third kappa shape index (κ3) is 3.16. The van der Waals surface area contributed by atoms with E-state index in [1.54, 1.807) is 6.20 Å². The van der Waals surface area contributed by atoms with Gasteiger partial charge in [-0.2, -0.15) is 0 Å². The van der Waals surface area contributed by atoms with Gasteiger partial charge in [0, 0.05) is 19.2 Å². The number of likely N-dealkylation sites (tertiary alicyclic amines) is 1. The second-order valence-electron chi connectivity index (χ2n) is 5.37. The van der Waals surface area contributed by atoms with E-state index in [0.717, 1.165) is 36.2 Å². The second kappa shape index (κ2) is 5.75. The molecular formula is C14H21N3O2. The maximum absolute atomic E-state index is 5.56. The number of pyridine rings is 1. The maximum atomic E-state index is 5.56. The normalized spacial score (nSPS) is 22.7. The van der Waals surface area contributed by atoms with E-state index in [-0.39, 0.29) is 0 Å². The van der Waals surface area contributed by atoms with Crippen molar-refractivity contribution >= 4 is 0 Å². The van der Waals surface area contributed by atoms with Crippen molar-refractivity contribution in [3.8, 4) is 11.5 Å². The first-order chi connectivity index (χ1) is 9.31. The molecule has 1 atom stereocenters. The van der Waals surface area contributed by atoms with Gasteiger partial charge < -0.3 is 19.7 Å². The van der Waals surface area contributed by atoms with Crippen LogP contribution in [0.2, 0.25) is 0 Å². The van der Waals surface area contributed by atoms with Gasteiger partial charge in [0.25, 0.3) is 0 Å². The number of hydrogen-bond donors (Lipinski definition) is 1. The first kappa shape index (κ1) is 12.7. The number of fused-ring (bicyclic) bond motifs is 1. The predicted molar refractivity (Wildman–Crippen MR) is 72.5 cm³/mol. The van der Waals surface area contributed by atoms with E-state index in [1.165, 1.54) is 19.5 Å². The zero-order valence-corrected chi connectivity index (χ0v) is 11.4. The topological polar surface area (TPSA) is 46.6 Å². The number of hydrogen-bond acceptors (Lipinski definition) is 5. The summed E-state index contributed by atoms with van der Waals surface area (Å²) in [5.41, 5.74) is 1.01. The highest BCUT2D eigenvalue weighted by atomic mass is 16.6. The van der Waals surface area contributed by atoms with Gasteiger partial charge >= 0.3 is 0 Å².